The Bertz CT molecular complexity index is 1100. The highest BCUT2D eigenvalue weighted by Gasteiger charge is 2.16. The summed E-state index contributed by atoms with van der Waals surface area (Å²) >= 11 is 1.33. The molecule has 0 bridgehead atoms. The van der Waals surface area contributed by atoms with Crippen molar-refractivity contribution in [1.82, 2.24) is 19.9 Å². The number of nitrogens with zero attached hydrogens (tertiary/aromatic N) is 4. The molecule has 0 unspecified atom stereocenters. The summed E-state index contributed by atoms with van der Waals surface area (Å²) in [5.41, 5.74) is 2.98. The molecule has 0 radical (unpaired) electrons. The van der Waals surface area contributed by atoms with Crippen molar-refractivity contribution in [2.45, 2.75) is 0 Å². The van der Waals surface area contributed by atoms with Crippen molar-refractivity contribution in [2.24, 2.45) is 7.05 Å². The number of thiazole rings is 1. The monoisotopic (exact) mass is 381 g/mol. The summed E-state index contributed by atoms with van der Waals surface area (Å²) in [6, 6.07) is 8.95. The molecule has 0 saturated carbocycles. The molecule has 1 N–H and O–H groups in total. The van der Waals surface area contributed by atoms with Crippen LogP contribution in [0.5, 0.6) is 5.75 Å². The van der Waals surface area contributed by atoms with Crippen LogP contribution in [0.4, 0.5) is 5.13 Å². The Hall–Kier alpha value is -3.46. The molecule has 3 aromatic heterocycles. The molecular formula is C18H15N5O3S. The molecule has 4 aromatic rings. The third-order valence-electron chi connectivity index (χ3n) is 3.82. The van der Waals surface area contributed by atoms with Crippen LogP contribution in [0.1, 0.15) is 10.6 Å². The minimum Gasteiger partial charge on any atom is -0.497 e. The van der Waals surface area contributed by atoms with Gasteiger partial charge in [-0.05, 0) is 12.1 Å². The third kappa shape index (κ3) is 3.58. The number of anilines is 1. The van der Waals surface area contributed by atoms with Crippen LogP contribution in [0.2, 0.25) is 0 Å². The highest BCUT2D eigenvalue weighted by Crippen LogP contribution is 2.26. The zero-order valence-corrected chi connectivity index (χ0v) is 15.4. The van der Waals surface area contributed by atoms with Crippen molar-refractivity contribution in [1.29, 1.82) is 0 Å². The molecule has 8 nitrogen and oxygen atoms in total. The largest absolute Gasteiger partial charge is 0.497 e. The Kier molecular flexibility index (Phi) is 4.43. The van der Waals surface area contributed by atoms with E-state index in [2.05, 4.69) is 20.6 Å². The number of ether oxygens (including phenoxy) is 1. The minimum atomic E-state index is -0.413. The zero-order chi connectivity index (χ0) is 18.8. The summed E-state index contributed by atoms with van der Waals surface area (Å²) < 4.78 is 12.1. The van der Waals surface area contributed by atoms with Gasteiger partial charge in [-0.1, -0.05) is 17.3 Å². The lowest BCUT2D eigenvalue weighted by Gasteiger charge is -2.00. The van der Waals surface area contributed by atoms with Gasteiger partial charge in [-0.25, -0.2) is 4.98 Å². The molecule has 0 aliphatic heterocycles. The van der Waals surface area contributed by atoms with Crippen LogP contribution >= 0.6 is 11.3 Å². The summed E-state index contributed by atoms with van der Waals surface area (Å²) in [5, 5.41) is 13.1. The first-order chi connectivity index (χ1) is 13.1. The highest BCUT2D eigenvalue weighted by molar-refractivity contribution is 7.14. The van der Waals surface area contributed by atoms with E-state index in [1.165, 1.54) is 11.3 Å². The molecule has 1 amide bonds. The fourth-order valence-electron chi connectivity index (χ4n) is 2.48. The molecule has 0 atom stereocenters. The number of nitrogens with one attached hydrogen (secondary N) is 1. The Labute approximate surface area is 158 Å². The number of benzene rings is 1. The second kappa shape index (κ2) is 7.04. The Morgan fingerprint density at radius 3 is 2.93 bits per heavy atom. The van der Waals surface area contributed by atoms with Gasteiger partial charge in [0.1, 0.15) is 11.4 Å². The number of rotatable bonds is 5. The van der Waals surface area contributed by atoms with Gasteiger partial charge in [0.25, 0.3) is 5.91 Å². The van der Waals surface area contributed by atoms with Gasteiger partial charge in [0.05, 0.1) is 19.0 Å². The molecule has 0 aliphatic carbocycles. The van der Waals surface area contributed by atoms with Crippen molar-refractivity contribution < 1.29 is 14.1 Å². The van der Waals surface area contributed by atoms with Gasteiger partial charge in [-0.15, -0.1) is 11.3 Å². The van der Waals surface area contributed by atoms with Gasteiger partial charge in [0, 0.05) is 35.8 Å². The highest BCUT2D eigenvalue weighted by atomic mass is 32.1. The fourth-order valence-corrected chi connectivity index (χ4v) is 3.19. The van der Waals surface area contributed by atoms with Gasteiger partial charge in [-0.3, -0.25) is 14.8 Å². The van der Waals surface area contributed by atoms with Gasteiger partial charge >= 0.3 is 0 Å². The molecule has 27 heavy (non-hydrogen) atoms. The van der Waals surface area contributed by atoms with Crippen LogP contribution in [0, 0.1) is 0 Å². The fraction of sp³-hybridized carbons (Fsp3) is 0.111. The number of methoxy groups -OCH3 is 1. The van der Waals surface area contributed by atoms with Crippen LogP contribution in [0.25, 0.3) is 22.5 Å². The van der Waals surface area contributed by atoms with Crippen molar-refractivity contribution in [3.05, 3.63) is 53.9 Å². The number of aromatic nitrogens is 4. The third-order valence-corrected chi connectivity index (χ3v) is 4.58. The first kappa shape index (κ1) is 17.0. The van der Waals surface area contributed by atoms with Crippen molar-refractivity contribution in [3.63, 3.8) is 0 Å². The number of hydrogen-bond acceptors (Lipinski definition) is 7. The smallest absolute Gasteiger partial charge is 0.296 e. The van der Waals surface area contributed by atoms with Gasteiger partial charge < -0.3 is 9.26 Å². The van der Waals surface area contributed by atoms with E-state index in [0.29, 0.717) is 16.6 Å². The van der Waals surface area contributed by atoms with E-state index in [1.807, 2.05) is 42.9 Å². The molecule has 3 heterocycles. The number of carbonyl (C=O) groups is 1. The Morgan fingerprint density at radius 2 is 2.15 bits per heavy atom. The zero-order valence-electron chi connectivity index (χ0n) is 14.5. The maximum absolute atomic E-state index is 12.4. The summed E-state index contributed by atoms with van der Waals surface area (Å²) in [7, 11) is 3.43. The predicted octanol–water partition coefficient (Wildman–Crippen LogP) is 3.46. The summed E-state index contributed by atoms with van der Waals surface area (Å²) in [5.74, 6) is 0.391. The molecule has 9 heteroatoms. The topological polar surface area (TPSA) is 95.1 Å². The van der Waals surface area contributed by atoms with E-state index < -0.39 is 5.91 Å². The Morgan fingerprint density at radius 1 is 1.26 bits per heavy atom. The van der Waals surface area contributed by atoms with Crippen LogP contribution in [-0.2, 0) is 7.05 Å². The van der Waals surface area contributed by atoms with Crippen LogP contribution in [0.15, 0.2) is 52.6 Å². The molecule has 0 saturated heterocycles. The molecule has 0 spiro atoms. The Balaban J connectivity index is 1.49. The maximum atomic E-state index is 12.4. The first-order valence-electron chi connectivity index (χ1n) is 7.99. The number of carbonyl (C=O) groups excluding carboxylic acids is 1. The first-order valence-corrected chi connectivity index (χ1v) is 8.87. The molecule has 1 aromatic carbocycles. The average molecular weight is 381 g/mol. The molecule has 0 fully saturated rings. The number of hydrogen-bond donors (Lipinski definition) is 1. The molecule has 0 aliphatic rings. The number of amides is 1. The summed E-state index contributed by atoms with van der Waals surface area (Å²) in [6.07, 6.45) is 3.58. The predicted molar refractivity (Wildman–Crippen MR) is 101 cm³/mol. The van der Waals surface area contributed by atoms with E-state index in [-0.39, 0.29) is 5.76 Å². The van der Waals surface area contributed by atoms with Crippen LogP contribution in [-0.4, -0.2) is 32.9 Å². The van der Waals surface area contributed by atoms with Gasteiger partial charge in [0.15, 0.2) is 5.13 Å². The van der Waals surface area contributed by atoms with Crippen molar-refractivity contribution in [2.75, 3.05) is 12.4 Å². The van der Waals surface area contributed by atoms with E-state index in [0.717, 1.165) is 16.8 Å². The average Bonchev–Trinajstić information content (AvgIpc) is 3.42. The van der Waals surface area contributed by atoms with Crippen LogP contribution in [0.3, 0.4) is 0 Å². The van der Waals surface area contributed by atoms with Crippen molar-refractivity contribution >= 4 is 22.4 Å². The standard InChI is InChI=1S/C18H15N5O3S/c1-23-9-12(8-19-23)15-10-27-18(20-15)21-17(24)16-7-14(22-26-16)11-4-3-5-13(6-11)25-2/h3-10H,1-2H3,(H,20,21,24). The summed E-state index contributed by atoms with van der Waals surface area (Å²) in [6.45, 7) is 0. The van der Waals surface area contributed by atoms with E-state index in [4.69, 9.17) is 9.26 Å². The quantitative estimate of drug-likeness (QED) is 0.569. The summed E-state index contributed by atoms with van der Waals surface area (Å²) in [4.78, 5) is 16.8. The van der Waals surface area contributed by atoms with E-state index in [1.54, 1.807) is 24.1 Å². The van der Waals surface area contributed by atoms with Crippen LogP contribution < -0.4 is 10.1 Å². The molecular weight excluding hydrogens is 366 g/mol. The second-order valence-corrected chi connectivity index (χ2v) is 6.56. The van der Waals surface area contributed by atoms with Gasteiger partial charge in [0.2, 0.25) is 5.76 Å². The van der Waals surface area contributed by atoms with Gasteiger partial charge in [-0.2, -0.15) is 5.10 Å². The number of aryl methyl sites for hydroxylation is 1. The normalized spacial score (nSPS) is 10.7. The lowest BCUT2D eigenvalue weighted by molar-refractivity contribution is 0.0988. The SMILES string of the molecule is COc1cccc(-c2cc(C(=O)Nc3nc(-c4cnn(C)c4)cs3)on2)c1. The lowest BCUT2D eigenvalue weighted by atomic mass is 10.1. The van der Waals surface area contributed by atoms with Crippen molar-refractivity contribution in [3.8, 4) is 28.3 Å². The maximum Gasteiger partial charge on any atom is 0.296 e. The van der Waals surface area contributed by atoms with E-state index >= 15 is 0 Å². The molecule has 4 rings (SSSR count). The minimum absolute atomic E-state index is 0.103. The second-order valence-electron chi connectivity index (χ2n) is 5.70. The lowest BCUT2D eigenvalue weighted by Crippen LogP contribution is -2.10. The molecule has 136 valence electrons. The van der Waals surface area contributed by atoms with E-state index in [9.17, 15) is 4.79 Å².